The van der Waals surface area contributed by atoms with Crippen molar-refractivity contribution in [3.63, 3.8) is 0 Å². The number of nitrogens with two attached hydrogens (primary N) is 1. The molecule has 3 N–H and O–H groups in total. The van der Waals surface area contributed by atoms with Gasteiger partial charge in [-0.15, -0.1) is 0 Å². The van der Waals surface area contributed by atoms with Crippen molar-refractivity contribution in [3.8, 4) is 0 Å². The second-order valence-electron chi connectivity index (χ2n) is 7.90. The summed E-state index contributed by atoms with van der Waals surface area (Å²) in [6.45, 7) is 3.02. The fraction of sp³-hybridized carbons (Fsp3) is 0.650. The minimum Gasteiger partial charge on any atom is -0.391 e. The van der Waals surface area contributed by atoms with Gasteiger partial charge in [-0.25, -0.2) is 0 Å². The van der Waals surface area contributed by atoms with Gasteiger partial charge in [0.15, 0.2) is 0 Å². The molecule has 7 nitrogen and oxygen atoms in total. The minimum atomic E-state index is -0.760. The Morgan fingerprint density at radius 2 is 1.96 bits per heavy atom. The van der Waals surface area contributed by atoms with Crippen molar-refractivity contribution >= 4 is 11.8 Å². The Kier molecular flexibility index (Phi) is 6.44. The van der Waals surface area contributed by atoms with Gasteiger partial charge in [-0.05, 0) is 48.8 Å². The van der Waals surface area contributed by atoms with Crippen LogP contribution in [0.15, 0.2) is 24.5 Å². The monoisotopic (exact) mass is 374 g/mol. The fourth-order valence-corrected chi connectivity index (χ4v) is 4.17. The van der Waals surface area contributed by atoms with E-state index in [2.05, 4.69) is 4.98 Å². The van der Waals surface area contributed by atoms with Gasteiger partial charge in [-0.2, -0.15) is 0 Å². The van der Waals surface area contributed by atoms with E-state index in [-0.39, 0.29) is 30.2 Å². The lowest BCUT2D eigenvalue weighted by Crippen LogP contribution is -2.53. The molecule has 3 heterocycles. The summed E-state index contributed by atoms with van der Waals surface area (Å²) in [5.41, 5.74) is 6.71. The number of hydrogen-bond donors (Lipinski definition) is 2. The van der Waals surface area contributed by atoms with Crippen LogP contribution in [0.1, 0.15) is 37.7 Å². The molecule has 148 valence electrons. The maximum Gasteiger partial charge on any atom is 0.225 e. The van der Waals surface area contributed by atoms with Crippen LogP contribution in [0.3, 0.4) is 0 Å². The molecule has 7 heteroatoms. The van der Waals surface area contributed by atoms with E-state index in [9.17, 15) is 14.7 Å². The Morgan fingerprint density at radius 1 is 1.26 bits per heavy atom. The maximum atomic E-state index is 12.4. The molecule has 27 heavy (non-hydrogen) atoms. The fourth-order valence-electron chi connectivity index (χ4n) is 4.17. The number of aliphatic hydroxyl groups is 1. The van der Waals surface area contributed by atoms with E-state index in [4.69, 9.17) is 5.73 Å². The van der Waals surface area contributed by atoms with Gasteiger partial charge in [0.2, 0.25) is 11.8 Å². The molecule has 1 unspecified atom stereocenters. The van der Waals surface area contributed by atoms with Gasteiger partial charge >= 0.3 is 0 Å². The number of pyridine rings is 1. The SMILES string of the molecule is NCC(O)CC(=O)N1CCC2(CCC(=O)N(CCc3ccncc3)C2)CC1. The Bertz CT molecular complexity index is 644. The van der Waals surface area contributed by atoms with E-state index in [1.54, 1.807) is 12.4 Å². The number of nitrogens with zero attached hydrogens (tertiary/aromatic N) is 3. The van der Waals surface area contributed by atoms with Crippen molar-refractivity contribution in [1.29, 1.82) is 0 Å². The van der Waals surface area contributed by atoms with Crippen LogP contribution in [-0.4, -0.2) is 70.5 Å². The van der Waals surface area contributed by atoms with Gasteiger partial charge < -0.3 is 20.6 Å². The van der Waals surface area contributed by atoms with Crippen LogP contribution in [0.5, 0.6) is 0 Å². The van der Waals surface area contributed by atoms with E-state index in [1.165, 1.54) is 5.56 Å². The number of likely N-dealkylation sites (tertiary alicyclic amines) is 2. The molecule has 2 saturated heterocycles. The highest BCUT2D eigenvalue weighted by molar-refractivity contribution is 5.78. The van der Waals surface area contributed by atoms with Crippen LogP contribution in [0.25, 0.3) is 0 Å². The van der Waals surface area contributed by atoms with Crippen molar-refractivity contribution in [2.75, 3.05) is 32.7 Å². The molecule has 3 rings (SSSR count). The lowest BCUT2D eigenvalue weighted by Gasteiger charge is -2.47. The predicted octanol–water partition coefficient (Wildman–Crippen LogP) is 0.565. The third-order valence-corrected chi connectivity index (χ3v) is 6.03. The standard InChI is InChI=1S/C20H30N4O3/c21-14-17(25)13-19(27)23-11-6-20(7-12-23)5-1-18(26)24(15-20)10-4-16-2-8-22-9-3-16/h2-3,8-9,17,25H,1,4-7,10-15,21H2. The smallest absolute Gasteiger partial charge is 0.225 e. The second kappa shape index (κ2) is 8.80. The summed E-state index contributed by atoms with van der Waals surface area (Å²) in [5.74, 6) is 0.212. The molecule has 2 aliphatic heterocycles. The molecule has 2 aliphatic rings. The highest BCUT2D eigenvalue weighted by atomic mass is 16.3. The zero-order chi connectivity index (χ0) is 19.3. The third-order valence-electron chi connectivity index (χ3n) is 6.03. The summed E-state index contributed by atoms with van der Waals surface area (Å²) in [6.07, 6.45) is 7.07. The quantitative estimate of drug-likeness (QED) is 0.758. The molecule has 1 spiro atoms. The molecule has 1 aromatic rings. The van der Waals surface area contributed by atoms with E-state index < -0.39 is 6.10 Å². The van der Waals surface area contributed by atoms with Gasteiger partial charge in [-0.3, -0.25) is 14.6 Å². The van der Waals surface area contributed by atoms with Crippen LogP contribution in [-0.2, 0) is 16.0 Å². The average Bonchev–Trinajstić information content (AvgIpc) is 2.70. The topological polar surface area (TPSA) is 99.8 Å². The molecular weight excluding hydrogens is 344 g/mol. The number of carbonyl (C=O) groups is 2. The number of aliphatic hydroxyl groups excluding tert-OH is 1. The molecule has 2 fully saturated rings. The number of rotatable bonds is 6. The molecule has 0 aliphatic carbocycles. The van der Waals surface area contributed by atoms with Crippen LogP contribution in [0.2, 0.25) is 0 Å². The molecular formula is C20H30N4O3. The van der Waals surface area contributed by atoms with E-state index in [1.807, 2.05) is 21.9 Å². The molecule has 0 bridgehead atoms. The van der Waals surface area contributed by atoms with E-state index in [0.29, 0.717) is 19.5 Å². The van der Waals surface area contributed by atoms with Gasteiger partial charge in [-0.1, -0.05) is 0 Å². The van der Waals surface area contributed by atoms with Gasteiger partial charge in [0.1, 0.15) is 0 Å². The van der Waals surface area contributed by atoms with Crippen molar-refractivity contribution < 1.29 is 14.7 Å². The number of amides is 2. The summed E-state index contributed by atoms with van der Waals surface area (Å²) >= 11 is 0. The largest absolute Gasteiger partial charge is 0.391 e. The van der Waals surface area contributed by atoms with Gasteiger partial charge in [0.05, 0.1) is 12.5 Å². The maximum absolute atomic E-state index is 12.4. The molecule has 0 radical (unpaired) electrons. The number of piperidine rings is 2. The normalized spacial score (nSPS) is 20.7. The molecule has 0 aromatic carbocycles. The van der Waals surface area contributed by atoms with Crippen LogP contribution < -0.4 is 5.73 Å². The first-order valence-corrected chi connectivity index (χ1v) is 9.84. The lowest BCUT2D eigenvalue weighted by atomic mass is 9.72. The lowest BCUT2D eigenvalue weighted by molar-refractivity contribution is -0.143. The zero-order valence-electron chi connectivity index (χ0n) is 15.8. The van der Waals surface area contributed by atoms with Crippen LogP contribution in [0.4, 0.5) is 0 Å². The van der Waals surface area contributed by atoms with E-state index in [0.717, 1.165) is 38.8 Å². The van der Waals surface area contributed by atoms with Crippen molar-refractivity contribution in [3.05, 3.63) is 30.1 Å². The molecule has 1 atom stereocenters. The average molecular weight is 374 g/mol. The highest BCUT2D eigenvalue weighted by Crippen LogP contribution is 2.40. The molecule has 0 saturated carbocycles. The number of hydrogen-bond acceptors (Lipinski definition) is 5. The van der Waals surface area contributed by atoms with Crippen LogP contribution >= 0.6 is 0 Å². The first-order valence-electron chi connectivity index (χ1n) is 9.84. The highest BCUT2D eigenvalue weighted by Gasteiger charge is 2.41. The molecule has 2 amide bonds. The van der Waals surface area contributed by atoms with Gasteiger partial charge in [0, 0.05) is 51.5 Å². The van der Waals surface area contributed by atoms with Crippen molar-refractivity contribution in [2.45, 2.75) is 44.6 Å². The summed E-state index contributed by atoms with van der Waals surface area (Å²) in [4.78, 5) is 32.5. The van der Waals surface area contributed by atoms with Crippen LogP contribution in [0, 0.1) is 5.41 Å². The zero-order valence-corrected chi connectivity index (χ0v) is 15.8. The minimum absolute atomic E-state index is 0.0239. The first-order chi connectivity index (χ1) is 13.0. The predicted molar refractivity (Wildman–Crippen MR) is 102 cm³/mol. The Labute approximate surface area is 160 Å². The molecule has 1 aromatic heterocycles. The summed E-state index contributed by atoms with van der Waals surface area (Å²) in [5, 5.41) is 9.60. The second-order valence-corrected chi connectivity index (χ2v) is 7.90. The summed E-state index contributed by atoms with van der Waals surface area (Å²) < 4.78 is 0. The van der Waals surface area contributed by atoms with Crippen molar-refractivity contribution in [1.82, 2.24) is 14.8 Å². The van der Waals surface area contributed by atoms with Crippen molar-refractivity contribution in [2.24, 2.45) is 11.1 Å². The Balaban J connectivity index is 1.53. The Hall–Kier alpha value is -1.99. The first kappa shape index (κ1) is 19.8. The third kappa shape index (κ3) is 5.05. The summed E-state index contributed by atoms with van der Waals surface area (Å²) in [6, 6.07) is 3.98. The summed E-state index contributed by atoms with van der Waals surface area (Å²) in [7, 11) is 0. The number of aromatic nitrogens is 1. The Morgan fingerprint density at radius 3 is 2.63 bits per heavy atom. The van der Waals surface area contributed by atoms with E-state index >= 15 is 0 Å². The number of carbonyl (C=O) groups excluding carboxylic acids is 2. The van der Waals surface area contributed by atoms with Gasteiger partial charge in [0.25, 0.3) is 0 Å².